The van der Waals surface area contributed by atoms with Gasteiger partial charge in [0.1, 0.15) is 11.6 Å². The number of nitro benzene ring substituents is 1. The Bertz CT molecular complexity index is 1170. The Labute approximate surface area is 183 Å². The lowest BCUT2D eigenvalue weighted by Crippen LogP contribution is -2.31. The highest BCUT2D eigenvalue weighted by Gasteiger charge is 2.45. The van der Waals surface area contributed by atoms with Gasteiger partial charge in [-0.1, -0.05) is 30.3 Å². The number of hydrogen-bond acceptors (Lipinski definition) is 6. The molecule has 1 saturated heterocycles. The average molecular weight is 432 g/mol. The number of amides is 1. The predicted octanol–water partition coefficient (Wildman–Crippen LogP) is 3.37. The third-order valence-electron chi connectivity index (χ3n) is 5.37. The molecule has 0 spiro atoms. The van der Waals surface area contributed by atoms with Crippen LogP contribution in [0.15, 0.2) is 72.6 Å². The van der Waals surface area contributed by atoms with Gasteiger partial charge in [-0.3, -0.25) is 19.7 Å². The van der Waals surface area contributed by atoms with Crippen LogP contribution in [0.5, 0.6) is 0 Å². The number of H-pyrrole nitrogens is 1. The molecular weight excluding hydrogens is 412 g/mol. The number of imidazole rings is 1. The van der Waals surface area contributed by atoms with Crippen LogP contribution in [0.25, 0.3) is 5.76 Å². The Balaban J connectivity index is 1.73. The largest absolute Gasteiger partial charge is 0.507 e. The van der Waals surface area contributed by atoms with Gasteiger partial charge < -0.3 is 15.0 Å². The SMILES string of the molecule is O=C1C(=O)N(CCCc2ncc[nH]2)C(c2ccc([N+](=O)[O-])cc2)/C1=C(\O)c1ccccc1. The number of carbonyl (C=O) groups is 2. The van der Waals surface area contributed by atoms with Crippen LogP contribution in [0.4, 0.5) is 5.69 Å². The van der Waals surface area contributed by atoms with Gasteiger partial charge in [0.15, 0.2) is 0 Å². The van der Waals surface area contributed by atoms with E-state index in [4.69, 9.17) is 0 Å². The summed E-state index contributed by atoms with van der Waals surface area (Å²) < 4.78 is 0. The molecule has 1 aliphatic heterocycles. The van der Waals surface area contributed by atoms with Crippen molar-refractivity contribution in [1.29, 1.82) is 0 Å². The quantitative estimate of drug-likeness (QED) is 0.194. The number of ketones is 1. The van der Waals surface area contributed by atoms with E-state index < -0.39 is 22.7 Å². The fraction of sp³-hybridized carbons (Fsp3) is 0.174. The fourth-order valence-corrected chi connectivity index (χ4v) is 3.84. The molecule has 1 aromatic heterocycles. The Hall–Kier alpha value is -4.27. The molecule has 0 saturated carbocycles. The van der Waals surface area contributed by atoms with E-state index in [1.807, 2.05) is 0 Å². The Morgan fingerprint density at radius 1 is 1.12 bits per heavy atom. The molecule has 0 radical (unpaired) electrons. The number of hydrogen-bond donors (Lipinski definition) is 2. The molecule has 0 aliphatic carbocycles. The number of carbonyl (C=O) groups excluding carboxylic acids is 2. The number of aliphatic hydroxyl groups excluding tert-OH is 1. The number of benzene rings is 2. The highest BCUT2D eigenvalue weighted by molar-refractivity contribution is 6.46. The molecule has 2 aromatic carbocycles. The normalized spacial score (nSPS) is 17.6. The number of aromatic amines is 1. The fourth-order valence-electron chi connectivity index (χ4n) is 3.84. The van der Waals surface area contributed by atoms with Crippen LogP contribution in [-0.2, 0) is 16.0 Å². The van der Waals surface area contributed by atoms with Gasteiger partial charge >= 0.3 is 0 Å². The van der Waals surface area contributed by atoms with Crippen LogP contribution in [-0.4, -0.2) is 43.1 Å². The monoisotopic (exact) mass is 432 g/mol. The number of aryl methyl sites for hydroxylation is 1. The Kier molecular flexibility index (Phi) is 5.80. The van der Waals surface area contributed by atoms with Gasteiger partial charge in [-0.05, 0) is 24.1 Å². The maximum absolute atomic E-state index is 12.9. The van der Waals surface area contributed by atoms with Crippen molar-refractivity contribution < 1.29 is 19.6 Å². The summed E-state index contributed by atoms with van der Waals surface area (Å²) in [5.41, 5.74) is 0.776. The molecule has 32 heavy (non-hydrogen) atoms. The van der Waals surface area contributed by atoms with Crippen molar-refractivity contribution in [3.05, 3.63) is 99.6 Å². The van der Waals surface area contributed by atoms with Crippen molar-refractivity contribution in [2.24, 2.45) is 0 Å². The second-order valence-corrected chi connectivity index (χ2v) is 7.35. The lowest BCUT2D eigenvalue weighted by molar-refractivity contribution is -0.384. The number of nitrogens with one attached hydrogen (secondary N) is 1. The lowest BCUT2D eigenvalue weighted by Gasteiger charge is -2.25. The summed E-state index contributed by atoms with van der Waals surface area (Å²) in [5, 5.41) is 22.0. The minimum atomic E-state index is -0.854. The molecule has 2 heterocycles. The van der Waals surface area contributed by atoms with Gasteiger partial charge in [-0.15, -0.1) is 0 Å². The molecule has 1 unspecified atom stereocenters. The smallest absolute Gasteiger partial charge is 0.295 e. The third-order valence-corrected chi connectivity index (χ3v) is 5.37. The number of Topliss-reactive ketones (excluding diaryl/α,β-unsaturated/α-hetero) is 1. The molecule has 1 aliphatic rings. The molecule has 1 amide bonds. The second kappa shape index (κ2) is 8.84. The van der Waals surface area contributed by atoms with Crippen molar-refractivity contribution >= 4 is 23.1 Å². The van der Waals surface area contributed by atoms with Crippen LogP contribution in [0.2, 0.25) is 0 Å². The zero-order valence-corrected chi connectivity index (χ0v) is 17.0. The summed E-state index contributed by atoms with van der Waals surface area (Å²) in [6.45, 7) is 0.249. The molecule has 1 fully saturated rings. The number of likely N-dealkylation sites (tertiary alicyclic amines) is 1. The van der Waals surface area contributed by atoms with E-state index in [1.165, 1.54) is 29.2 Å². The average Bonchev–Trinajstić information content (AvgIpc) is 3.41. The van der Waals surface area contributed by atoms with Crippen LogP contribution in [0.3, 0.4) is 0 Å². The van der Waals surface area contributed by atoms with Crippen LogP contribution in [0.1, 0.15) is 29.4 Å². The molecule has 1 atom stereocenters. The van der Waals surface area contributed by atoms with Crippen molar-refractivity contribution in [1.82, 2.24) is 14.9 Å². The van der Waals surface area contributed by atoms with E-state index in [2.05, 4.69) is 9.97 Å². The highest BCUT2D eigenvalue weighted by atomic mass is 16.6. The number of nitrogens with zero attached hydrogens (tertiary/aromatic N) is 3. The number of aliphatic hydroxyl groups is 1. The second-order valence-electron chi connectivity index (χ2n) is 7.35. The molecule has 162 valence electrons. The lowest BCUT2D eigenvalue weighted by atomic mass is 9.95. The molecule has 9 heteroatoms. The van der Waals surface area contributed by atoms with Crippen LogP contribution < -0.4 is 0 Å². The first-order valence-electron chi connectivity index (χ1n) is 10.0. The predicted molar refractivity (Wildman–Crippen MR) is 115 cm³/mol. The van der Waals surface area contributed by atoms with Crippen molar-refractivity contribution in [2.45, 2.75) is 18.9 Å². The standard InChI is InChI=1S/C23H20N4O5/c28-21(16-5-2-1-3-6-16)19-20(15-8-10-17(11-9-15)27(31)32)26(23(30)22(19)29)14-4-7-18-24-12-13-25-18/h1-3,5-6,8-13,20,28H,4,7,14H2,(H,24,25)/b21-19+. The van der Waals surface area contributed by atoms with Gasteiger partial charge in [0.25, 0.3) is 17.4 Å². The molecule has 9 nitrogen and oxygen atoms in total. The molecule has 4 rings (SSSR count). The number of rotatable bonds is 7. The maximum atomic E-state index is 12.9. The number of aromatic nitrogens is 2. The van der Waals surface area contributed by atoms with Gasteiger partial charge in [0.2, 0.25) is 0 Å². The van der Waals surface area contributed by atoms with Crippen LogP contribution >= 0.6 is 0 Å². The van der Waals surface area contributed by atoms with Crippen molar-refractivity contribution in [3.63, 3.8) is 0 Å². The Morgan fingerprint density at radius 3 is 2.47 bits per heavy atom. The highest BCUT2D eigenvalue weighted by Crippen LogP contribution is 2.39. The molecular formula is C23H20N4O5. The van der Waals surface area contributed by atoms with Gasteiger partial charge in [0.05, 0.1) is 16.5 Å². The summed E-state index contributed by atoms with van der Waals surface area (Å²) in [6.07, 6.45) is 4.45. The minimum Gasteiger partial charge on any atom is -0.507 e. The first kappa shape index (κ1) is 21.0. The molecule has 0 bridgehead atoms. The summed E-state index contributed by atoms with van der Waals surface area (Å²) in [7, 11) is 0. The zero-order chi connectivity index (χ0) is 22.7. The van der Waals surface area contributed by atoms with E-state index in [0.29, 0.717) is 24.0 Å². The summed E-state index contributed by atoms with van der Waals surface area (Å²) in [5.74, 6) is -1.02. The minimum absolute atomic E-state index is 0.0342. The van der Waals surface area contributed by atoms with E-state index in [-0.39, 0.29) is 23.6 Å². The first-order chi connectivity index (χ1) is 15.5. The van der Waals surface area contributed by atoms with Crippen molar-refractivity contribution in [3.8, 4) is 0 Å². The van der Waals surface area contributed by atoms with Gasteiger partial charge in [0, 0.05) is 43.1 Å². The number of nitro groups is 1. The van der Waals surface area contributed by atoms with E-state index in [0.717, 1.165) is 5.82 Å². The third kappa shape index (κ3) is 4.00. The summed E-state index contributed by atoms with van der Waals surface area (Å²) in [4.78, 5) is 44.9. The van der Waals surface area contributed by atoms with E-state index in [9.17, 15) is 24.8 Å². The summed E-state index contributed by atoms with van der Waals surface area (Å²) in [6, 6.07) is 13.3. The molecule has 3 aromatic rings. The molecule has 2 N–H and O–H groups in total. The summed E-state index contributed by atoms with van der Waals surface area (Å²) >= 11 is 0. The maximum Gasteiger partial charge on any atom is 0.295 e. The first-order valence-corrected chi connectivity index (χ1v) is 10.0. The number of non-ortho nitro benzene ring substituents is 1. The Morgan fingerprint density at radius 2 is 1.84 bits per heavy atom. The van der Waals surface area contributed by atoms with Gasteiger partial charge in [-0.2, -0.15) is 0 Å². The van der Waals surface area contributed by atoms with Gasteiger partial charge in [-0.25, -0.2) is 4.98 Å². The van der Waals surface area contributed by atoms with E-state index in [1.54, 1.807) is 42.7 Å². The van der Waals surface area contributed by atoms with E-state index >= 15 is 0 Å². The van der Waals surface area contributed by atoms with Crippen LogP contribution in [0, 0.1) is 10.1 Å². The topological polar surface area (TPSA) is 129 Å². The zero-order valence-electron chi connectivity index (χ0n) is 17.0. The van der Waals surface area contributed by atoms with Crippen molar-refractivity contribution in [2.75, 3.05) is 6.54 Å².